The molecule has 1 heterocycles. The molecule has 0 saturated carbocycles. The highest BCUT2D eigenvalue weighted by Crippen LogP contribution is 2.36. The molecular weight excluding hydrogens is 489 g/mol. The van der Waals surface area contributed by atoms with Crippen LogP contribution in [-0.4, -0.2) is 20.7 Å². The zero-order valence-corrected chi connectivity index (χ0v) is 25.9. The van der Waals surface area contributed by atoms with Crippen LogP contribution in [0, 0.1) is 0 Å². The summed E-state index contributed by atoms with van der Waals surface area (Å²) in [6, 6.07) is 17.7. The fourth-order valence-corrected chi connectivity index (χ4v) is 6.02. The van der Waals surface area contributed by atoms with Crippen molar-refractivity contribution in [1.29, 1.82) is 0 Å². The van der Waals surface area contributed by atoms with Gasteiger partial charge in [0.05, 0.1) is 0 Å². The van der Waals surface area contributed by atoms with Crippen molar-refractivity contribution in [3.63, 3.8) is 0 Å². The lowest BCUT2D eigenvalue weighted by Gasteiger charge is -2.36. The van der Waals surface area contributed by atoms with Crippen molar-refractivity contribution in [3.8, 4) is 11.3 Å². The fraction of sp³-hybridized carbons (Fsp3) is 0.515. The van der Waals surface area contributed by atoms with Crippen LogP contribution in [0.1, 0.15) is 78.2 Å². The van der Waals surface area contributed by atoms with E-state index in [9.17, 15) is 0 Å². The fourth-order valence-electron chi connectivity index (χ4n) is 4.03. The van der Waals surface area contributed by atoms with Gasteiger partial charge in [-0.25, -0.2) is 0 Å². The Morgan fingerprint density at radius 1 is 0.892 bits per heavy atom. The van der Waals surface area contributed by atoms with Gasteiger partial charge in [0, 0.05) is 22.5 Å². The molecule has 0 radical (unpaired) electrons. The third-order valence-electron chi connectivity index (χ3n) is 7.53. The van der Waals surface area contributed by atoms with Crippen LogP contribution in [0.5, 0.6) is 0 Å². The number of rotatable bonds is 15. The van der Waals surface area contributed by atoms with Crippen molar-refractivity contribution in [1.82, 2.24) is 0 Å². The highest BCUT2D eigenvalue weighted by Gasteiger charge is 2.36. The Hall–Kier alpha value is -1.75. The van der Waals surface area contributed by atoms with Gasteiger partial charge in [-0.15, -0.1) is 11.8 Å². The first-order valence-corrected chi connectivity index (χ1v) is 18.1. The first-order valence-electron chi connectivity index (χ1n) is 14.2. The smallest absolute Gasteiger partial charge is 0.191 e. The van der Waals surface area contributed by atoms with Crippen molar-refractivity contribution in [2.24, 2.45) is 0 Å². The van der Waals surface area contributed by atoms with Gasteiger partial charge >= 0.3 is 0 Å². The molecule has 0 saturated heterocycles. The van der Waals surface area contributed by atoms with Crippen LogP contribution in [0.4, 0.5) is 0 Å². The van der Waals surface area contributed by atoms with E-state index in [1.54, 1.807) is 0 Å². The quantitative estimate of drug-likeness (QED) is 0.0834. The van der Waals surface area contributed by atoms with Crippen LogP contribution in [0.2, 0.25) is 18.1 Å². The van der Waals surface area contributed by atoms with E-state index in [-0.39, 0.29) is 0 Å². The molecule has 0 amide bonds. The molecule has 1 aromatic heterocycles. The Morgan fingerprint density at radius 3 is 2.32 bits per heavy atom. The summed E-state index contributed by atoms with van der Waals surface area (Å²) in [4.78, 5) is 1.28. The number of furan rings is 1. The Kier molecular flexibility index (Phi) is 11.6. The van der Waals surface area contributed by atoms with Crippen molar-refractivity contribution in [3.05, 3.63) is 66.2 Å². The van der Waals surface area contributed by atoms with Crippen molar-refractivity contribution in [2.45, 2.75) is 102 Å². The molecule has 0 aliphatic rings. The van der Waals surface area contributed by atoms with E-state index < -0.39 is 8.32 Å². The zero-order valence-electron chi connectivity index (χ0n) is 24.1. The minimum absolute atomic E-state index is 0.296. The molecule has 0 N–H and O–H groups in total. The van der Waals surface area contributed by atoms with Crippen molar-refractivity contribution < 1.29 is 8.84 Å². The van der Waals surface area contributed by atoms with Crippen LogP contribution in [0.3, 0.4) is 0 Å². The Bertz CT molecular complexity index is 1110. The standard InChI is InChI=1S/C33H48O2SSi/c1-7-8-13-16-27-17-19-28(20-18-27)31-25-29-21-22-30(26-32(29)35-31)36-24-15-12-10-9-11-14-23-34-37(5,6)33(2,3)4/h9-10,17-22,25-26H,7-8,11-16,23-24H2,1-6H3/b10-9+. The number of allylic oxidation sites excluding steroid dienone is 2. The minimum atomic E-state index is -1.60. The van der Waals surface area contributed by atoms with Gasteiger partial charge in [-0.2, -0.15) is 0 Å². The van der Waals surface area contributed by atoms with Crippen LogP contribution < -0.4 is 0 Å². The van der Waals surface area contributed by atoms with Crippen LogP contribution >= 0.6 is 11.8 Å². The van der Waals surface area contributed by atoms with Crippen LogP contribution in [-0.2, 0) is 10.8 Å². The summed E-state index contributed by atoms with van der Waals surface area (Å²) < 4.78 is 12.5. The summed E-state index contributed by atoms with van der Waals surface area (Å²) >= 11 is 1.92. The molecule has 2 aromatic carbocycles. The molecule has 0 fully saturated rings. The second-order valence-electron chi connectivity index (χ2n) is 11.7. The summed E-state index contributed by atoms with van der Waals surface area (Å²) in [5, 5.41) is 1.47. The summed E-state index contributed by atoms with van der Waals surface area (Å²) in [6.07, 6.45) is 14.2. The summed E-state index contributed by atoms with van der Waals surface area (Å²) in [5.74, 6) is 2.08. The summed E-state index contributed by atoms with van der Waals surface area (Å²) in [5.41, 5.74) is 3.55. The number of fused-ring (bicyclic) bond motifs is 1. The van der Waals surface area contributed by atoms with Gasteiger partial charge in [0.15, 0.2) is 8.32 Å². The summed E-state index contributed by atoms with van der Waals surface area (Å²) in [7, 11) is -1.60. The van der Waals surface area contributed by atoms with E-state index in [1.165, 1.54) is 41.5 Å². The van der Waals surface area contributed by atoms with Crippen LogP contribution in [0.25, 0.3) is 22.3 Å². The van der Waals surface area contributed by atoms with Crippen LogP contribution in [0.15, 0.2) is 70.0 Å². The zero-order chi connectivity index (χ0) is 26.7. The van der Waals surface area contributed by atoms with E-state index in [2.05, 4.69) is 101 Å². The number of unbranched alkanes of at least 4 members (excludes halogenated alkanes) is 4. The van der Waals surface area contributed by atoms with Gasteiger partial charge in [0.2, 0.25) is 0 Å². The first-order chi connectivity index (χ1) is 17.7. The Balaban J connectivity index is 1.38. The van der Waals surface area contributed by atoms with E-state index in [0.717, 1.165) is 54.9 Å². The Labute approximate surface area is 231 Å². The van der Waals surface area contributed by atoms with E-state index in [1.807, 2.05) is 11.8 Å². The van der Waals surface area contributed by atoms with Gasteiger partial charge in [-0.3, -0.25) is 0 Å². The average Bonchev–Trinajstić information content (AvgIpc) is 3.28. The summed E-state index contributed by atoms with van der Waals surface area (Å²) in [6.45, 7) is 14.7. The Morgan fingerprint density at radius 2 is 1.62 bits per heavy atom. The van der Waals surface area contributed by atoms with E-state index >= 15 is 0 Å². The normalized spacial score (nSPS) is 12.7. The molecule has 4 heteroatoms. The lowest BCUT2D eigenvalue weighted by atomic mass is 10.0. The van der Waals surface area contributed by atoms with Gasteiger partial charge in [0.25, 0.3) is 0 Å². The molecule has 2 nitrogen and oxygen atoms in total. The maximum absolute atomic E-state index is 6.26. The minimum Gasteiger partial charge on any atom is -0.456 e. The van der Waals surface area contributed by atoms with Crippen molar-refractivity contribution >= 4 is 31.0 Å². The molecule has 0 bridgehead atoms. The second-order valence-corrected chi connectivity index (χ2v) is 17.7. The molecule has 0 unspecified atom stereocenters. The molecule has 202 valence electrons. The third kappa shape index (κ3) is 9.49. The van der Waals surface area contributed by atoms with Gasteiger partial charge in [-0.1, -0.05) is 77.0 Å². The molecule has 37 heavy (non-hydrogen) atoms. The van der Waals surface area contributed by atoms with Crippen molar-refractivity contribution in [2.75, 3.05) is 12.4 Å². The molecule has 0 spiro atoms. The predicted octanol–water partition coefficient (Wildman–Crippen LogP) is 11.1. The molecule has 0 aliphatic heterocycles. The lowest BCUT2D eigenvalue weighted by molar-refractivity contribution is 0.283. The average molecular weight is 537 g/mol. The molecule has 0 atom stereocenters. The van der Waals surface area contributed by atoms with Gasteiger partial charge in [0.1, 0.15) is 11.3 Å². The SMILES string of the molecule is CCCCCc1ccc(-c2cc3ccc(SCCC/C=C/CCCO[Si](C)(C)C(C)(C)C)cc3o2)cc1. The molecule has 0 aliphatic carbocycles. The van der Waals surface area contributed by atoms with Gasteiger partial charge in [-0.05, 0) is 92.2 Å². The molecule has 3 aromatic rings. The predicted molar refractivity (Wildman–Crippen MR) is 166 cm³/mol. The lowest BCUT2D eigenvalue weighted by Crippen LogP contribution is -2.40. The second kappa shape index (κ2) is 14.4. The number of aryl methyl sites for hydroxylation is 1. The highest BCUT2D eigenvalue weighted by molar-refractivity contribution is 7.99. The van der Waals surface area contributed by atoms with Gasteiger partial charge < -0.3 is 8.84 Å². The number of thioether (sulfide) groups is 1. The molecular formula is C33H48O2SSi. The monoisotopic (exact) mass is 536 g/mol. The highest BCUT2D eigenvalue weighted by atomic mass is 32.2. The van der Waals surface area contributed by atoms with E-state index in [0.29, 0.717) is 5.04 Å². The van der Waals surface area contributed by atoms with E-state index in [4.69, 9.17) is 8.84 Å². The first kappa shape index (κ1) is 29.8. The largest absolute Gasteiger partial charge is 0.456 e. The maximum Gasteiger partial charge on any atom is 0.191 e. The number of benzene rings is 2. The topological polar surface area (TPSA) is 22.4 Å². The molecule has 3 rings (SSSR count). The number of hydrogen-bond acceptors (Lipinski definition) is 3. The third-order valence-corrected chi connectivity index (χ3v) is 13.2. The maximum atomic E-state index is 6.26. The number of hydrogen-bond donors (Lipinski definition) is 0.